The maximum absolute atomic E-state index is 14.8. The number of hydrogen-bond donors (Lipinski definition) is 7. The number of carbonyl (C=O) groups excluding carboxylic acids is 9. The van der Waals surface area contributed by atoms with E-state index in [0.29, 0.717) is 56.1 Å². The number of rotatable bonds is 14. The molecular formula is C56H83N9O10S. The summed E-state index contributed by atoms with van der Waals surface area (Å²) in [6.07, 6.45) is 4.31. The van der Waals surface area contributed by atoms with Gasteiger partial charge >= 0.3 is 0 Å². The van der Waals surface area contributed by atoms with Gasteiger partial charge in [-0.1, -0.05) is 135 Å². The molecule has 0 aromatic heterocycles. The highest BCUT2D eigenvalue weighted by Gasteiger charge is 2.46. The Bertz CT molecular complexity index is 2380. The van der Waals surface area contributed by atoms with Gasteiger partial charge in [-0.05, 0) is 66.9 Å². The van der Waals surface area contributed by atoms with Gasteiger partial charge in [0.25, 0.3) is 0 Å². The van der Waals surface area contributed by atoms with Crippen LogP contribution in [0.2, 0.25) is 0 Å². The number of hydrogen-bond acceptors (Lipinski definition) is 10. The molecule has 2 aromatic rings. The lowest BCUT2D eigenvalue weighted by Crippen LogP contribution is -2.62. The van der Waals surface area contributed by atoms with E-state index in [1.165, 1.54) is 16.1 Å². The average molecular weight is 1070 g/mol. The van der Waals surface area contributed by atoms with Gasteiger partial charge in [0, 0.05) is 48.7 Å². The molecule has 3 heterocycles. The van der Waals surface area contributed by atoms with Gasteiger partial charge in [-0.15, -0.1) is 0 Å². The van der Waals surface area contributed by atoms with E-state index < -0.39 is 142 Å². The summed E-state index contributed by atoms with van der Waals surface area (Å²) in [5.74, 6) is -7.60. The normalized spacial score (nSPS) is 27.8. The molecule has 76 heavy (non-hydrogen) atoms. The number of fused-ring (bicyclic) bond motifs is 2. The maximum atomic E-state index is 14.8. The quantitative estimate of drug-likeness (QED) is 0.145. The standard InChI is InChI=1S/C56H83N9O10S/c1-10-34(6)45-53(71)57-39(27-30-76(9)75)48(66)61-46(35(7)11-2)54(72)63-47(36(8)12-3)56(74)65-29-20-26-43(65)55(73)64-28-19-25-42(64)51(69)59-40(31-37-21-15-13-16-22-37)49(67)58-41(32-38-23-17-14-18-24-38)50(68)60-44(33(4)5)52(70)62-45/h13-18,21-24,33-36,39-47H,10-12,19-20,25-32H2,1-9H3,(H,57,71)(H,58,67)(H,59,69)(H,60,68)(H,61,66)(H,62,70)(H,63,72)/t34-,35+,36-,39+,40-,41-,42+,43+,44-,45-,46-,47-,76-/m0/s1. The number of benzene rings is 2. The van der Waals surface area contributed by atoms with Crippen LogP contribution in [0, 0.1) is 23.7 Å². The molecule has 418 valence electrons. The molecule has 7 N–H and O–H groups in total. The van der Waals surface area contributed by atoms with Crippen LogP contribution in [0.15, 0.2) is 60.7 Å². The van der Waals surface area contributed by atoms with Crippen molar-refractivity contribution in [2.24, 2.45) is 23.7 Å². The molecule has 0 saturated carbocycles. The Morgan fingerprint density at radius 2 is 0.855 bits per heavy atom. The lowest BCUT2D eigenvalue weighted by molar-refractivity contribution is -0.149. The molecule has 9 amide bonds. The van der Waals surface area contributed by atoms with E-state index in [2.05, 4.69) is 37.2 Å². The average Bonchev–Trinajstić information content (AvgIpc) is 4.11. The third kappa shape index (κ3) is 16.2. The van der Waals surface area contributed by atoms with Crippen LogP contribution in [0.5, 0.6) is 0 Å². The van der Waals surface area contributed by atoms with Crippen LogP contribution in [0.3, 0.4) is 0 Å². The second-order valence-electron chi connectivity index (χ2n) is 21.4. The van der Waals surface area contributed by atoms with Crippen molar-refractivity contribution in [2.45, 2.75) is 174 Å². The zero-order valence-corrected chi connectivity index (χ0v) is 46.7. The van der Waals surface area contributed by atoms with Crippen LogP contribution in [0.1, 0.15) is 118 Å². The van der Waals surface area contributed by atoms with E-state index in [1.54, 1.807) is 64.1 Å². The van der Waals surface area contributed by atoms with E-state index >= 15 is 0 Å². The summed E-state index contributed by atoms with van der Waals surface area (Å²) >= 11 is 0. The minimum Gasteiger partial charge on any atom is -0.342 e. The van der Waals surface area contributed by atoms with Crippen molar-refractivity contribution in [1.29, 1.82) is 0 Å². The Hall–Kier alpha value is -6.18. The molecule has 3 fully saturated rings. The van der Waals surface area contributed by atoms with Crippen LogP contribution >= 0.6 is 0 Å². The number of carbonyl (C=O) groups is 9. The molecule has 0 aliphatic carbocycles. The van der Waals surface area contributed by atoms with Gasteiger partial charge in [0.1, 0.15) is 54.4 Å². The molecule has 3 aliphatic heterocycles. The SMILES string of the molecule is CC[C@@H](C)[C@@H]1NC(=O)[C@@H](CC[S@](C)=O)NC(=O)[C@H]([C@@H](C)CC)NC(=O)[C@H](C(C)C)NC(=O)[C@H](Cc2ccccc2)NC(=O)[C@H](Cc2ccccc2)NC(=O)[C@H]2CCCN2C(=O)[C@H]2CCCN2C(=O)[C@H]([C@@H](C)CC)NC1=O. The molecule has 19 nitrogen and oxygen atoms in total. The van der Waals surface area contributed by atoms with Crippen LogP contribution < -0.4 is 37.2 Å². The summed E-state index contributed by atoms with van der Waals surface area (Å²) in [6.45, 7) is 14.8. The first-order valence-electron chi connectivity index (χ1n) is 27.3. The molecule has 0 spiro atoms. The summed E-state index contributed by atoms with van der Waals surface area (Å²) < 4.78 is 12.5. The predicted octanol–water partition coefficient (Wildman–Crippen LogP) is 2.42. The number of nitrogens with zero attached hydrogens (tertiary/aromatic N) is 2. The molecule has 0 radical (unpaired) electrons. The smallest absolute Gasteiger partial charge is 0.246 e. The van der Waals surface area contributed by atoms with Crippen molar-refractivity contribution in [3.05, 3.63) is 71.8 Å². The van der Waals surface area contributed by atoms with E-state index in [1.807, 2.05) is 52.0 Å². The fourth-order valence-electron chi connectivity index (χ4n) is 10.0. The summed E-state index contributed by atoms with van der Waals surface area (Å²) in [5.41, 5.74) is 1.40. The first-order chi connectivity index (χ1) is 36.2. The molecule has 5 rings (SSSR count). The number of nitrogens with one attached hydrogen (secondary N) is 7. The third-order valence-corrected chi connectivity index (χ3v) is 16.2. The Morgan fingerprint density at radius 3 is 1.36 bits per heavy atom. The topological polar surface area (TPSA) is 261 Å². The fraction of sp³-hybridized carbons (Fsp3) is 0.625. The van der Waals surface area contributed by atoms with E-state index in [4.69, 9.17) is 0 Å². The second-order valence-corrected chi connectivity index (χ2v) is 22.9. The van der Waals surface area contributed by atoms with Crippen LogP contribution in [-0.4, -0.2) is 147 Å². The Labute approximate surface area is 451 Å². The molecule has 3 saturated heterocycles. The molecule has 20 heteroatoms. The van der Waals surface area contributed by atoms with Crippen LogP contribution in [0.25, 0.3) is 0 Å². The maximum Gasteiger partial charge on any atom is 0.246 e. The molecule has 3 aliphatic rings. The third-order valence-electron chi connectivity index (χ3n) is 15.4. The highest BCUT2D eigenvalue weighted by molar-refractivity contribution is 7.84. The minimum atomic E-state index is -1.40. The van der Waals surface area contributed by atoms with E-state index in [9.17, 15) is 47.4 Å². The molecule has 13 atom stereocenters. The van der Waals surface area contributed by atoms with Crippen molar-refractivity contribution in [1.82, 2.24) is 47.0 Å². The van der Waals surface area contributed by atoms with Gasteiger partial charge in [-0.3, -0.25) is 47.4 Å². The Morgan fingerprint density at radius 1 is 0.474 bits per heavy atom. The second kappa shape index (κ2) is 28.8. The molecule has 0 bridgehead atoms. The van der Waals surface area contributed by atoms with Crippen molar-refractivity contribution in [3.63, 3.8) is 0 Å². The zero-order chi connectivity index (χ0) is 55.8. The summed E-state index contributed by atoms with van der Waals surface area (Å²) in [6, 6.07) is 7.53. The number of amides is 9. The highest BCUT2D eigenvalue weighted by Crippen LogP contribution is 2.28. The van der Waals surface area contributed by atoms with E-state index in [-0.39, 0.29) is 38.1 Å². The van der Waals surface area contributed by atoms with Gasteiger partial charge in [-0.25, -0.2) is 0 Å². The minimum absolute atomic E-state index is 0.000829. The van der Waals surface area contributed by atoms with Crippen molar-refractivity contribution in [3.8, 4) is 0 Å². The Kier molecular flexibility index (Phi) is 23.0. The van der Waals surface area contributed by atoms with Gasteiger partial charge < -0.3 is 47.0 Å². The molecule has 2 aromatic carbocycles. The van der Waals surface area contributed by atoms with Gasteiger partial charge in [0.15, 0.2) is 0 Å². The summed E-state index contributed by atoms with van der Waals surface area (Å²) in [7, 11) is -1.40. The Balaban J connectivity index is 1.61. The monoisotopic (exact) mass is 1070 g/mol. The lowest BCUT2D eigenvalue weighted by Gasteiger charge is -2.35. The summed E-state index contributed by atoms with van der Waals surface area (Å²) in [4.78, 5) is 134. The van der Waals surface area contributed by atoms with Crippen molar-refractivity contribution in [2.75, 3.05) is 25.1 Å². The molecule has 0 unspecified atom stereocenters. The zero-order valence-electron chi connectivity index (χ0n) is 45.9. The highest BCUT2D eigenvalue weighted by atomic mass is 32.2. The van der Waals surface area contributed by atoms with Crippen LogP contribution in [0.4, 0.5) is 0 Å². The van der Waals surface area contributed by atoms with Gasteiger partial charge in [-0.2, -0.15) is 0 Å². The van der Waals surface area contributed by atoms with Crippen LogP contribution in [-0.2, 0) is 66.8 Å². The van der Waals surface area contributed by atoms with Gasteiger partial charge in [0.05, 0.1) is 0 Å². The first kappa shape index (κ1) is 60.7. The van der Waals surface area contributed by atoms with E-state index in [0.717, 1.165) is 0 Å². The largest absolute Gasteiger partial charge is 0.342 e. The first-order valence-corrected chi connectivity index (χ1v) is 29.0. The van der Waals surface area contributed by atoms with Crippen molar-refractivity contribution >= 4 is 64.0 Å². The molecular weight excluding hydrogens is 991 g/mol. The van der Waals surface area contributed by atoms with Gasteiger partial charge in [0.2, 0.25) is 53.2 Å². The summed E-state index contributed by atoms with van der Waals surface area (Å²) in [5, 5.41) is 20.0. The predicted molar refractivity (Wildman–Crippen MR) is 290 cm³/mol. The lowest BCUT2D eigenvalue weighted by atomic mass is 9.94. The fourth-order valence-corrected chi connectivity index (χ4v) is 10.6. The van der Waals surface area contributed by atoms with Crippen molar-refractivity contribution < 1.29 is 47.4 Å².